The summed E-state index contributed by atoms with van der Waals surface area (Å²) in [4.78, 5) is 18.1. The predicted molar refractivity (Wildman–Crippen MR) is 121 cm³/mol. The monoisotopic (exact) mass is 398 g/mol. The molecule has 4 rings (SSSR count). The molecule has 5 nitrogen and oxygen atoms in total. The Bertz CT molecular complexity index is 1310. The molecule has 0 bridgehead atoms. The molecule has 0 aliphatic heterocycles. The van der Waals surface area contributed by atoms with Crippen LogP contribution in [0.15, 0.2) is 71.5 Å². The third-order valence-corrected chi connectivity index (χ3v) is 4.91. The van der Waals surface area contributed by atoms with Gasteiger partial charge < -0.3 is 9.47 Å². The van der Waals surface area contributed by atoms with E-state index in [9.17, 15) is 4.79 Å². The van der Waals surface area contributed by atoms with Gasteiger partial charge in [-0.05, 0) is 55.0 Å². The van der Waals surface area contributed by atoms with Crippen LogP contribution in [0.25, 0.3) is 28.7 Å². The Morgan fingerprint density at radius 1 is 0.900 bits per heavy atom. The molecular weight excluding hydrogens is 376 g/mol. The Balaban J connectivity index is 1.94. The molecule has 30 heavy (non-hydrogen) atoms. The van der Waals surface area contributed by atoms with E-state index >= 15 is 0 Å². The molecule has 0 amide bonds. The van der Waals surface area contributed by atoms with Crippen molar-refractivity contribution in [3.63, 3.8) is 0 Å². The second-order valence-electron chi connectivity index (χ2n) is 6.88. The van der Waals surface area contributed by atoms with Crippen LogP contribution in [0.2, 0.25) is 0 Å². The van der Waals surface area contributed by atoms with Crippen molar-refractivity contribution in [1.82, 2.24) is 9.55 Å². The smallest absolute Gasteiger partial charge is 0.266 e. The zero-order valence-electron chi connectivity index (χ0n) is 17.1. The number of hydrogen-bond acceptors (Lipinski definition) is 4. The molecule has 0 spiro atoms. The quantitative estimate of drug-likeness (QED) is 0.481. The summed E-state index contributed by atoms with van der Waals surface area (Å²) in [5.41, 5.74) is 3.22. The van der Waals surface area contributed by atoms with Gasteiger partial charge in [-0.15, -0.1) is 0 Å². The van der Waals surface area contributed by atoms with Gasteiger partial charge in [0.2, 0.25) is 0 Å². The molecule has 0 unspecified atom stereocenters. The van der Waals surface area contributed by atoms with Crippen molar-refractivity contribution >= 4 is 23.1 Å². The van der Waals surface area contributed by atoms with Gasteiger partial charge in [-0.3, -0.25) is 9.36 Å². The van der Waals surface area contributed by atoms with Gasteiger partial charge in [0.05, 0.1) is 30.8 Å². The van der Waals surface area contributed by atoms with E-state index in [0.29, 0.717) is 28.2 Å². The Kier molecular flexibility index (Phi) is 5.35. The fourth-order valence-corrected chi connectivity index (χ4v) is 3.49. The molecule has 5 heteroatoms. The number of para-hydroxylation sites is 2. The molecule has 4 aromatic rings. The van der Waals surface area contributed by atoms with Crippen molar-refractivity contribution in [3.8, 4) is 17.2 Å². The molecule has 0 fully saturated rings. The minimum Gasteiger partial charge on any atom is -0.493 e. The minimum atomic E-state index is -0.108. The van der Waals surface area contributed by atoms with E-state index < -0.39 is 0 Å². The Hall–Kier alpha value is -3.86. The zero-order valence-corrected chi connectivity index (χ0v) is 17.1. The van der Waals surface area contributed by atoms with Gasteiger partial charge in [-0.2, -0.15) is 0 Å². The standard InChI is InChI=1S/C25H22N2O3/c1-17-8-6-10-19(16-17)27-23(26-21-12-5-4-11-20(21)25(27)28)15-14-18-9-7-13-22(29-2)24(18)30-3/h4-16H,1-3H3. The summed E-state index contributed by atoms with van der Waals surface area (Å²) in [6.07, 6.45) is 3.71. The molecule has 3 aromatic carbocycles. The number of benzene rings is 3. The van der Waals surface area contributed by atoms with Crippen LogP contribution < -0.4 is 15.0 Å². The van der Waals surface area contributed by atoms with Crippen LogP contribution in [0.5, 0.6) is 11.5 Å². The van der Waals surface area contributed by atoms with E-state index in [1.165, 1.54) is 0 Å². The molecule has 0 aliphatic rings. The SMILES string of the molecule is COc1cccc(C=Cc2nc3ccccc3c(=O)n2-c2cccc(C)c2)c1OC. The van der Waals surface area contributed by atoms with E-state index in [1.807, 2.05) is 79.7 Å². The van der Waals surface area contributed by atoms with Crippen molar-refractivity contribution in [1.29, 1.82) is 0 Å². The highest BCUT2D eigenvalue weighted by Gasteiger charge is 2.12. The number of fused-ring (bicyclic) bond motifs is 1. The minimum absolute atomic E-state index is 0.108. The largest absolute Gasteiger partial charge is 0.493 e. The highest BCUT2D eigenvalue weighted by atomic mass is 16.5. The molecule has 1 aromatic heterocycles. The van der Waals surface area contributed by atoms with Gasteiger partial charge in [0, 0.05) is 5.56 Å². The lowest BCUT2D eigenvalue weighted by molar-refractivity contribution is 0.354. The Labute approximate surface area is 174 Å². The van der Waals surface area contributed by atoms with E-state index in [4.69, 9.17) is 14.5 Å². The zero-order chi connectivity index (χ0) is 21.1. The highest BCUT2D eigenvalue weighted by Crippen LogP contribution is 2.32. The summed E-state index contributed by atoms with van der Waals surface area (Å²) in [5.74, 6) is 1.80. The molecule has 0 atom stereocenters. The molecule has 0 saturated heterocycles. The Morgan fingerprint density at radius 3 is 2.47 bits per heavy atom. The van der Waals surface area contributed by atoms with Crippen molar-refractivity contribution in [2.24, 2.45) is 0 Å². The first kappa shape index (κ1) is 19.5. The average molecular weight is 398 g/mol. The van der Waals surface area contributed by atoms with Gasteiger partial charge in [0.15, 0.2) is 11.5 Å². The summed E-state index contributed by atoms with van der Waals surface area (Å²) in [6, 6.07) is 20.9. The second kappa shape index (κ2) is 8.25. The van der Waals surface area contributed by atoms with E-state index in [2.05, 4.69) is 0 Å². The van der Waals surface area contributed by atoms with E-state index in [-0.39, 0.29) is 5.56 Å². The van der Waals surface area contributed by atoms with Gasteiger partial charge in [0.25, 0.3) is 5.56 Å². The summed E-state index contributed by atoms with van der Waals surface area (Å²) >= 11 is 0. The van der Waals surface area contributed by atoms with E-state index in [0.717, 1.165) is 16.8 Å². The molecule has 150 valence electrons. The first-order chi connectivity index (χ1) is 14.6. The van der Waals surface area contributed by atoms with Gasteiger partial charge >= 0.3 is 0 Å². The molecule has 0 saturated carbocycles. The molecule has 0 radical (unpaired) electrons. The Morgan fingerprint density at radius 2 is 1.70 bits per heavy atom. The summed E-state index contributed by atoms with van der Waals surface area (Å²) < 4.78 is 12.5. The molecular formula is C25H22N2O3. The first-order valence-electron chi connectivity index (χ1n) is 9.60. The summed E-state index contributed by atoms with van der Waals surface area (Å²) in [5, 5.41) is 0.579. The average Bonchev–Trinajstić information content (AvgIpc) is 2.77. The number of hydrogen-bond donors (Lipinski definition) is 0. The van der Waals surface area contributed by atoms with Crippen molar-refractivity contribution < 1.29 is 9.47 Å². The fraction of sp³-hybridized carbons (Fsp3) is 0.120. The topological polar surface area (TPSA) is 53.3 Å². The van der Waals surface area contributed by atoms with Crippen LogP contribution in [-0.2, 0) is 0 Å². The third kappa shape index (κ3) is 3.57. The maximum Gasteiger partial charge on any atom is 0.266 e. The number of methoxy groups -OCH3 is 2. The predicted octanol–water partition coefficient (Wildman–Crippen LogP) is 4.88. The van der Waals surface area contributed by atoms with Crippen molar-refractivity contribution in [2.75, 3.05) is 14.2 Å². The van der Waals surface area contributed by atoms with Gasteiger partial charge in [0.1, 0.15) is 5.82 Å². The normalized spacial score (nSPS) is 11.2. The van der Waals surface area contributed by atoms with Crippen LogP contribution in [0, 0.1) is 6.92 Å². The van der Waals surface area contributed by atoms with Crippen LogP contribution in [0.3, 0.4) is 0 Å². The van der Waals surface area contributed by atoms with Crippen LogP contribution in [0.1, 0.15) is 17.0 Å². The van der Waals surface area contributed by atoms with Crippen molar-refractivity contribution in [2.45, 2.75) is 6.92 Å². The number of rotatable bonds is 5. The van der Waals surface area contributed by atoms with Crippen molar-refractivity contribution in [3.05, 3.63) is 94.0 Å². The lowest BCUT2D eigenvalue weighted by Crippen LogP contribution is -2.22. The van der Waals surface area contributed by atoms with Crippen LogP contribution in [-0.4, -0.2) is 23.8 Å². The third-order valence-electron chi connectivity index (χ3n) is 4.91. The lowest BCUT2D eigenvalue weighted by atomic mass is 10.1. The molecule has 0 aliphatic carbocycles. The number of nitrogens with zero attached hydrogens (tertiary/aromatic N) is 2. The van der Waals surface area contributed by atoms with E-state index in [1.54, 1.807) is 24.9 Å². The lowest BCUT2D eigenvalue weighted by Gasteiger charge is -2.13. The second-order valence-corrected chi connectivity index (χ2v) is 6.88. The van der Waals surface area contributed by atoms with Crippen LogP contribution >= 0.6 is 0 Å². The number of ether oxygens (including phenoxy) is 2. The van der Waals surface area contributed by atoms with Gasteiger partial charge in [-0.1, -0.05) is 36.4 Å². The first-order valence-corrected chi connectivity index (χ1v) is 9.60. The maximum atomic E-state index is 13.3. The highest BCUT2D eigenvalue weighted by molar-refractivity contribution is 5.80. The summed E-state index contributed by atoms with van der Waals surface area (Å²) in [6.45, 7) is 2.00. The maximum absolute atomic E-state index is 13.3. The number of aryl methyl sites for hydroxylation is 1. The summed E-state index contributed by atoms with van der Waals surface area (Å²) in [7, 11) is 3.21. The van der Waals surface area contributed by atoms with Crippen LogP contribution in [0.4, 0.5) is 0 Å². The van der Waals surface area contributed by atoms with Gasteiger partial charge in [-0.25, -0.2) is 4.98 Å². The molecule has 1 heterocycles. The number of aromatic nitrogens is 2. The fourth-order valence-electron chi connectivity index (χ4n) is 3.49. The molecule has 0 N–H and O–H groups in total.